The summed E-state index contributed by atoms with van der Waals surface area (Å²) in [6.45, 7) is 6.69. The molecule has 0 aromatic rings. The first-order valence-electron chi connectivity index (χ1n) is 4.99. The molecule has 0 saturated heterocycles. The van der Waals surface area contributed by atoms with Gasteiger partial charge in [0, 0.05) is 11.8 Å². The van der Waals surface area contributed by atoms with Gasteiger partial charge in [0.25, 0.3) is 0 Å². The molecule has 0 amide bonds. The van der Waals surface area contributed by atoms with E-state index in [4.69, 9.17) is 0 Å². The van der Waals surface area contributed by atoms with Crippen LogP contribution in [0.4, 0.5) is 0 Å². The third-order valence-corrected chi connectivity index (χ3v) is 3.86. The van der Waals surface area contributed by atoms with Crippen molar-refractivity contribution in [3.05, 3.63) is 0 Å². The third kappa shape index (κ3) is 6.05. The Balaban J connectivity index is 3.97. The van der Waals surface area contributed by atoms with E-state index >= 15 is 0 Å². The molecule has 0 aliphatic carbocycles. The smallest absolute Gasteiger partial charge is 0.151 e. The average Bonchev–Trinajstić information content (AvgIpc) is 2.12. The van der Waals surface area contributed by atoms with Gasteiger partial charge in [-0.2, -0.15) is 0 Å². The van der Waals surface area contributed by atoms with Crippen LogP contribution in [-0.4, -0.2) is 32.5 Å². The van der Waals surface area contributed by atoms with Crippen LogP contribution in [0, 0.1) is 0 Å². The van der Waals surface area contributed by atoms with E-state index in [0.717, 1.165) is 19.4 Å². The summed E-state index contributed by atoms with van der Waals surface area (Å²) in [6, 6.07) is 0.130. The van der Waals surface area contributed by atoms with Gasteiger partial charge in [0.15, 0.2) is 9.84 Å². The molecular formula is C9H21NO2S. The Kier molecular flexibility index (Phi) is 6.33. The fraction of sp³-hybridized carbons (Fsp3) is 1.00. The Morgan fingerprint density at radius 2 is 1.85 bits per heavy atom. The summed E-state index contributed by atoms with van der Waals surface area (Å²) in [6.07, 6.45) is 1.92. The highest BCUT2D eigenvalue weighted by Gasteiger charge is 2.14. The van der Waals surface area contributed by atoms with Crippen molar-refractivity contribution >= 4 is 9.84 Å². The molecule has 13 heavy (non-hydrogen) atoms. The lowest BCUT2D eigenvalue weighted by Crippen LogP contribution is -2.36. The second-order valence-electron chi connectivity index (χ2n) is 3.26. The molecular weight excluding hydrogens is 186 g/mol. The van der Waals surface area contributed by atoms with Crippen molar-refractivity contribution < 1.29 is 8.42 Å². The first-order chi connectivity index (χ1) is 6.05. The van der Waals surface area contributed by atoms with Crippen molar-refractivity contribution in [2.75, 3.05) is 18.1 Å². The molecule has 0 spiro atoms. The van der Waals surface area contributed by atoms with Gasteiger partial charge in [-0.3, -0.25) is 0 Å². The SMILES string of the molecule is CCCNC(CC)CS(=O)(=O)CC. The van der Waals surface area contributed by atoms with Crippen molar-refractivity contribution in [2.24, 2.45) is 0 Å². The van der Waals surface area contributed by atoms with Crippen molar-refractivity contribution in [1.82, 2.24) is 5.32 Å². The van der Waals surface area contributed by atoms with Crippen molar-refractivity contribution in [2.45, 2.75) is 39.7 Å². The highest BCUT2D eigenvalue weighted by molar-refractivity contribution is 7.91. The fourth-order valence-electron chi connectivity index (χ4n) is 1.09. The summed E-state index contributed by atoms with van der Waals surface area (Å²) in [4.78, 5) is 0. The van der Waals surface area contributed by atoms with Gasteiger partial charge in [-0.05, 0) is 19.4 Å². The van der Waals surface area contributed by atoms with Gasteiger partial charge in [0.1, 0.15) is 0 Å². The molecule has 1 atom stereocenters. The largest absolute Gasteiger partial charge is 0.313 e. The highest BCUT2D eigenvalue weighted by Crippen LogP contribution is 1.98. The summed E-state index contributed by atoms with van der Waals surface area (Å²) in [7, 11) is -2.82. The molecule has 80 valence electrons. The van der Waals surface area contributed by atoms with Crippen molar-refractivity contribution in [3.63, 3.8) is 0 Å². The maximum absolute atomic E-state index is 11.3. The second kappa shape index (κ2) is 6.38. The highest BCUT2D eigenvalue weighted by atomic mass is 32.2. The van der Waals surface area contributed by atoms with E-state index in [0.29, 0.717) is 0 Å². The number of hydrogen-bond donors (Lipinski definition) is 1. The van der Waals surface area contributed by atoms with Gasteiger partial charge in [-0.15, -0.1) is 0 Å². The number of sulfone groups is 1. The third-order valence-electron chi connectivity index (χ3n) is 2.07. The summed E-state index contributed by atoms with van der Waals surface area (Å²) < 4.78 is 22.6. The van der Waals surface area contributed by atoms with Crippen LogP contribution in [0.15, 0.2) is 0 Å². The second-order valence-corrected chi connectivity index (χ2v) is 5.66. The van der Waals surface area contributed by atoms with Crippen LogP contribution in [0.5, 0.6) is 0 Å². The molecule has 4 heteroatoms. The van der Waals surface area contributed by atoms with E-state index in [2.05, 4.69) is 12.2 Å². The van der Waals surface area contributed by atoms with E-state index in [1.807, 2.05) is 6.92 Å². The van der Waals surface area contributed by atoms with E-state index in [1.165, 1.54) is 0 Å². The van der Waals surface area contributed by atoms with Gasteiger partial charge in [0.2, 0.25) is 0 Å². The molecule has 0 aromatic heterocycles. The zero-order valence-corrected chi connectivity index (χ0v) is 9.65. The Hall–Kier alpha value is -0.0900. The topological polar surface area (TPSA) is 46.2 Å². The van der Waals surface area contributed by atoms with Crippen LogP contribution in [0.1, 0.15) is 33.6 Å². The number of hydrogen-bond acceptors (Lipinski definition) is 3. The predicted molar refractivity (Wildman–Crippen MR) is 56.7 cm³/mol. The molecule has 1 unspecified atom stereocenters. The minimum absolute atomic E-state index is 0.130. The van der Waals surface area contributed by atoms with Crippen LogP contribution in [0.2, 0.25) is 0 Å². The number of nitrogens with one attached hydrogen (secondary N) is 1. The van der Waals surface area contributed by atoms with Crippen molar-refractivity contribution in [3.8, 4) is 0 Å². The standard InChI is InChI=1S/C9H21NO2S/c1-4-7-10-9(5-2)8-13(11,12)6-3/h9-10H,4-8H2,1-3H3. The molecule has 0 fully saturated rings. The minimum atomic E-state index is -2.82. The Labute approximate surface area is 81.8 Å². The molecule has 1 N–H and O–H groups in total. The maximum Gasteiger partial charge on any atom is 0.151 e. The zero-order valence-electron chi connectivity index (χ0n) is 8.84. The Bertz CT molecular complexity index is 212. The molecule has 0 aromatic carbocycles. The van der Waals surface area contributed by atoms with Gasteiger partial charge < -0.3 is 5.32 Å². The normalized spacial score (nSPS) is 14.4. The van der Waals surface area contributed by atoms with E-state index < -0.39 is 9.84 Å². The predicted octanol–water partition coefficient (Wildman–Crippen LogP) is 1.20. The number of rotatable bonds is 7. The Morgan fingerprint density at radius 1 is 1.23 bits per heavy atom. The zero-order chi connectivity index (χ0) is 10.3. The molecule has 0 bridgehead atoms. The molecule has 0 aliphatic rings. The first kappa shape index (κ1) is 12.9. The summed E-state index contributed by atoms with van der Waals surface area (Å²) in [5.74, 6) is 0.525. The summed E-state index contributed by atoms with van der Waals surface area (Å²) in [5.41, 5.74) is 0. The van der Waals surface area contributed by atoms with Crippen LogP contribution >= 0.6 is 0 Å². The lowest BCUT2D eigenvalue weighted by atomic mass is 10.2. The van der Waals surface area contributed by atoms with E-state index in [-0.39, 0.29) is 17.5 Å². The van der Waals surface area contributed by atoms with Crippen LogP contribution in [0.25, 0.3) is 0 Å². The lowest BCUT2D eigenvalue weighted by molar-refractivity contribution is 0.520. The average molecular weight is 207 g/mol. The van der Waals surface area contributed by atoms with Crippen LogP contribution < -0.4 is 5.32 Å². The molecule has 0 radical (unpaired) electrons. The summed E-state index contributed by atoms with van der Waals surface area (Å²) >= 11 is 0. The monoisotopic (exact) mass is 207 g/mol. The van der Waals surface area contributed by atoms with Gasteiger partial charge in [-0.25, -0.2) is 8.42 Å². The van der Waals surface area contributed by atoms with Gasteiger partial charge in [0.05, 0.1) is 5.75 Å². The lowest BCUT2D eigenvalue weighted by Gasteiger charge is -2.15. The van der Waals surface area contributed by atoms with Crippen LogP contribution in [0.3, 0.4) is 0 Å². The molecule has 0 saturated carbocycles. The molecule has 3 nitrogen and oxygen atoms in total. The summed E-state index contributed by atoms with van der Waals surface area (Å²) in [5, 5.41) is 3.23. The van der Waals surface area contributed by atoms with Gasteiger partial charge in [-0.1, -0.05) is 20.8 Å². The fourth-order valence-corrected chi connectivity index (χ4v) is 2.30. The minimum Gasteiger partial charge on any atom is -0.313 e. The molecule has 0 aliphatic heterocycles. The van der Waals surface area contributed by atoms with Crippen molar-refractivity contribution in [1.29, 1.82) is 0 Å². The van der Waals surface area contributed by atoms with E-state index in [9.17, 15) is 8.42 Å². The van der Waals surface area contributed by atoms with Crippen LogP contribution in [-0.2, 0) is 9.84 Å². The van der Waals surface area contributed by atoms with E-state index in [1.54, 1.807) is 6.92 Å². The Morgan fingerprint density at radius 3 is 2.23 bits per heavy atom. The molecule has 0 heterocycles. The first-order valence-corrected chi connectivity index (χ1v) is 6.81. The van der Waals surface area contributed by atoms with Gasteiger partial charge >= 0.3 is 0 Å². The quantitative estimate of drug-likeness (QED) is 0.682. The molecule has 0 rings (SSSR count). The maximum atomic E-state index is 11.3.